The first-order valence-electron chi connectivity index (χ1n) is 8.38. The van der Waals surface area contributed by atoms with E-state index in [1.807, 2.05) is 18.2 Å². The van der Waals surface area contributed by atoms with Crippen LogP contribution in [-0.2, 0) is 4.79 Å². The molecule has 1 aliphatic heterocycles. The molecule has 0 spiro atoms. The number of aromatic nitrogens is 1. The van der Waals surface area contributed by atoms with Crippen LogP contribution < -0.4 is 11.1 Å². The van der Waals surface area contributed by atoms with Crippen molar-refractivity contribution < 1.29 is 9.59 Å². The van der Waals surface area contributed by atoms with Gasteiger partial charge in [0.1, 0.15) is 10.0 Å². The minimum Gasteiger partial charge on any atom is -0.366 e. The van der Waals surface area contributed by atoms with E-state index >= 15 is 0 Å². The number of rotatable bonds is 5. The van der Waals surface area contributed by atoms with E-state index in [1.165, 1.54) is 16.0 Å². The summed E-state index contributed by atoms with van der Waals surface area (Å²) in [4.78, 5) is 30.8. The first-order chi connectivity index (χ1) is 12.6. The molecule has 2 aromatic heterocycles. The molecular formula is C18H18N4O2S2. The largest absolute Gasteiger partial charge is 0.366 e. The number of thiazole rings is 1. The fourth-order valence-corrected chi connectivity index (χ4v) is 5.22. The van der Waals surface area contributed by atoms with Crippen LogP contribution in [0, 0.1) is 0 Å². The number of primary amides is 1. The average molecular weight is 387 g/mol. The van der Waals surface area contributed by atoms with E-state index < -0.39 is 5.91 Å². The van der Waals surface area contributed by atoms with Crippen LogP contribution in [0.1, 0.15) is 34.2 Å². The molecule has 0 unspecified atom stereocenters. The van der Waals surface area contributed by atoms with E-state index in [1.54, 1.807) is 22.8 Å². The first-order valence-corrected chi connectivity index (χ1v) is 10.1. The topological polar surface area (TPSA) is 88.3 Å². The highest BCUT2D eigenvalue weighted by Crippen LogP contribution is 2.36. The van der Waals surface area contributed by atoms with Gasteiger partial charge in [0.25, 0.3) is 5.91 Å². The fourth-order valence-electron chi connectivity index (χ4n) is 3.28. The summed E-state index contributed by atoms with van der Waals surface area (Å²) in [6, 6.07) is 9.89. The Morgan fingerprint density at radius 2 is 2.15 bits per heavy atom. The van der Waals surface area contributed by atoms with Gasteiger partial charge < -0.3 is 11.1 Å². The Morgan fingerprint density at radius 1 is 1.31 bits per heavy atom. The van der Waals surface area contributed by atoms with E-state index in [-0.39, 0.29) is 18.5 Å². The van der Waals surface area contributed by atoms with Crippen molar-refractivity contribution >= 4 is 49.7 Å². The van der Waals surface area contributed by atoms with Crippen LogP contribution in [0.2, 0.25) is 0 Å². The Morgan fingerprint density at radius 3 is 2.96 bits per heavy atom. The van der Waals surface area contributed by atoms with Crippen molar-refractivity contribution in [2.24, 2.45) is 5.73 Å². The number of carbonyl (C=O) groups excluding carboxylic acids is 2. The number of para-hydroxylation sites is 1. The third-order valence-electron chi connectivity index (χ3n) is 4.49. The Kier molecular flexibility index (Phi) is 4.71. The first kappa shape index (κ1) is 17.1. The number of nitrogens with one attached hydrogen (secondary N) is 1. The highest BCUT2D eigenvalue weighted by molar-refractivity contribution is 7.18. The van der Waals surface area contributed by atoms with Gasteiger partial charge in [-0.1, -0.05) is 12.1 Å². The van der Waals surface area contributed by atoms with Gasteiger partial charge in [0.05, 0.1) is 28.4 Å². The Hall–Kier alpha value is -2.29. The van der Waals surface area contributed by atoms with Gasteiger partial charge >= 0.3 is 0 Å². The summed E-state index contributed by atoms with van der Waals surface area (Å²) in [6.45, 7) is 1.14. The number of amides is 2. The molecule has 4 rings (SSSR count). The number of hydrogen-bond acceptors (Lipinski definition) is 6. The molecule has 26 heavy (non-hydrogen) atoms. The van der Waals surface area contributed by atoms with Gasteiger partial charge in [-0.25, -0.2) is 4.98 Å². The minimum atomic E-state index is -0.532. The number of fused-ring (bicyclic) bond motifs is 1. The monoisotopic (exact) mass is 386 g/mol. The maximum absolute atomic E-state index is 12.5. The maximum atomic E-state index is 12.5. The number of benzene rings is 1. The lowest BCUT2D eigenvalue weighted by molar-refractivity contribution is -0.117. The van der Waals surface area contributed by atoms with Crippen LogP contribution >= 0.6 is 22.7 Å². The number of thiophene rings is 1. The second kappa shape index (κ2) is 7.14. The minimum absolute atomic E-state index is 0.136. The summed E-state index contributed by atoms with van der Waals surface area (Å²) >= 11 is 3.00. The zero-order chi connectivity index (χ0) is 18.1. The maximum Gasteiger partial charge on any atom is 0.251 e. The summed E-state index contributed by atoms with van der Waals surface area (Å²) in [5, 5.41) is 6.14. The lowest BCUT2D eigenvalue weighted by Crippen LogP contribution is -2.33. The summed E-state index contributed by atoms with van der Waals surface area (Å²) in [5.41, 5.74) is 6.69. The van der Waals surface area contributed by atoms with Gasteiger partial charge in [-0.05, 0) is 43.0 Å². The van der Waals surface area contributed by atoms with Gasteiger partial charge in [-0.2, -0.15) is 0 Å². The molecule has 3 aromatic rings. The Balaban J connectivity index is 1.47. The van der Waals surface area contributed by atoms with E-state index in [0.717, 1.165) is 29.9 Å². The zero-order valence-corrected chi connectivity index (χ0v) is 15.6. The molecule has 8 heteroatoms. The van der Waals surface area contributed by atoms with Crippen molar-refractivity contribution in [1.82, 2.24) is 9.88 Å². The second-order valence-electron chi connectivity index (χ2n) is 6.22. The smallest absolute Gasteiger partial charge is 0.251 e. The van der Waals surface area contributed by atoms with E-state index in [4.69, 9.17) is 10.7 Å². The predicted octanol–water partition coefficient (Wildman–Crippen LogP) is 3.23. The summed E-state index contributed by atoms with van der Waals surface area (Å²) in [6.07, 6.45) is 2.04. The molecule has 1 atom stereocenters. The summed E-state index contributed by atoms with van der Waals surface area (Å²) in [5.74, 6) is -0.668. The van der Waals surface area contributed by atoms with Gasteiger partial charge in [-0.3, -0.25) is 14.5 Å². The van der Waals surface area contributed by atoms with Crippen molar-refractivity contribution in [2.75, 3.05) is 18.4 Å². The van der Waals surface area contributed by atoms with Crippen LogP contribution in [0.15, 0.2) is 35.7 Å². The van der Waals surface area contributed by atoms with E-state index in [0.29, 0.717) is 10.6 Å². The van der Waals surface area contributed by atoms with Crippen LogP contribution in [-0.4, -0.2) is 34.8 Å². The molecular weight excluding hydrogens is 368 g/mol. The van der Waals surface area contributed by atoms with Crippen molar-refractivity contribution in [1.29, 1.82) is 0 Å². The number of likely N-dealkylation sites (tertiary alicyclic amines) is 1. The van der Waals surface area contributed by atoms with Crippen molar-refractivity contribution in [3.63, 3.8) is 0 Å². The quantitative estimate of drug-likeness (QED) is 0.705. The van der Waals surface area contributed by atoms with E-state index in [9.17, 15) is 9.59 Å². The molecule has 3 N–H and O–H groups in total. The van der Waals surface area contributed by atoms with Crippen molar-refractivity contribution in [3.8, 4) is 0 Å². The van der Waals surface area contributed by atoms with Gasteiger partial charge in [0.15, 0.2) is 0 Å². The average Bonchev–Trinajstić information content (AvgIpc) is 3.32. The molecule has 6 nitrogen and oxygen atoms in total. The highest BCUT2D eigenvalue weighted by atomic mass is 32.1. The standard InChI is InChI=1S/C18H18N4O2S2/c19-16(24)11-7-9-25-17(11)21-15(23)10-22-8-3-5-13(22)18-20-12-4-1-2-6-14(12)26-18/h1-2,4,6-7,9,13H,3,5,8,10H2,(H2,19,24)(H,21,23)/t13-/m0/s1. The number of hydrogen-bond donors (Lipinski definition) is 2. The Bertz CT molecular complexity index is 932. The fraction of sp³-hybridized carbons (Fsp3) is 0.278. The van der Waals surface area contributed by atoms with Crippen molar-refractivity contribution in [2.45, 2.75) is 18.9 Å². The molecule has 0 bridgehead atoms. The molecule has 0 saturated carbocycles. The molecule has 134 valence electrons. The van der Waals surface area contributed by atoms with Crippen LogP contribution in [0.5, 0.6) is 0 Å². The summed E-state index contributed by atoms with van der Waals surface area (Å²) < 4.78 is 1.17. The zero-order valence-electron chi connectivity index (χ0n) is 14.0. The van der Waals surface area contributed by atoms with E-state index in [2.05, 4.69) is 16.3 Å². The molecule has 0 aliphatic carbocycles. The molecule has 1 aliphatic rings. The molecule has 1 aromatic carbocycles. The van der Waals surface area contributed by atoms with Crippen molar-refractivity contribution in [3.05, 3.63) is 46.3 Å². The van der Waals surface area contributed by atoms with Gasteiger partial charge in [-0.15, -0.1) is 22.7 Å². The van der Waals surface area contributed by atoms with Crippen LogP contribution in [0.25, 0.3) is 10.2 Å². The van der Waals surface area contributed by atoms with Crippen LogP contribution in [0.3, 0.4) is 0 Å². The lowest BCUT2D eigenvalue weighted by Gasteiger charge is -2.21. The highest BCUT2D eigenvalue weighted by Gasteiger charge is 2.30. The third kappa shape index (κ3) is 3.35. The third-order valence-corrected chi connectivity index (χ3v) is 6.46. The predicted molar refractivity (Wildman–Crippen MR) is 105 cm³/mol. The second-order valence-corrected chi connectivity index (χ2v) is 8.20. The summed E-state index contributed by atoms with van der Waals surface area (Å²) in [7, 11) is 0. The van der Waals surface area contributed by atoms with Gasteiger partial charge in [0, 0.05) is 0 Å². The number of nitrogens with zero attached hydrogens (tertiary/aromatic N) is 2. The Labute approximate surface area is 158 Å². The van der Waals surface area contributed by atoms with Gasteiger partial charge in [0.2, 0.25) is 5.91 Å². The van der Waals surface area contributed by atoms with Crippen LogP contribution in [0.4, 0.5) is 5.00 Å². The molecule has 0 radical (unpaired) electrons. The number of nitrogens with two attached hydrogens (primary N) is 1. The molecule has 1 saturated heterocycles. The molecule has 2 amide bonds. The SMILES string of the molecule is NC(=O)c1ccsc1NC(=O)CN1CCC[C@H]1c1nc2ccccc2s1. The normalized spacial score (nSPS) is 17.6. The number of carbonyl (C=O) groups is 2. The lowest BCUT2D eigenvalue weighted by atomic mass is 10.2. The molecule has 1 fully saturated rings. The molecule has 3 heterocycles. The number of anilines is 1.